The molecule has 16 heavy (non-hydrogen) atoms. The van der Waals surface area contributed by atoms with Crippen LogP contribution in [-0.4, -0.2) is 29.4 Å². The Morgan fingerprint density at radius 2 is 2.38 bits per heavy atom. The van der Waals surface area contributed by atoms with Gasteiger partial charge in [-0.25, -0.2) is 0 Å². The van der Waals surface area contributed by atoms with Gasteiger partial charge in [0.2, 0.25) is 5.91 Å². The number of pyridine rings is 1. The van der Waals surface area contributed by atoms with Gasteiger partial charge in [0.05, 0.1) is 0 Å². The molecule has 1 fully saturated rings. The lowest BCUT2D eigenvalue weighted by Crippen LogP contribution is -2.50. The standard InChI is InChI=1S/C11H13N3O2/c15-10-9(5-3-7-13-10)14-11(16)8-4-1-2-6-12-8/h1-2,4,6,9H,3,5,7H2,(H,13,15)(H,14,16)/t9-/m1/s1. The molecule has 0 saturated carbocycles. The van der Waals surface area contributed by atoms with Crippen molar-refractivity contribution in [3.63, 3.8) is 0 Å². The summed E-state index contributed by atoms with van der Waals surface area (Å²) >= 11 is 0. The number of nitrogens with one attached hydrogen (secondary N) is 2. The van der Waals surface area contributed by atoms with Crippen molar-refractivity contribution < 1.29 is 9.59 Å². The van der Waals surface area contributed by atoms with Crippen molar-refractivity contribution in [2.75, 3.05) is 6.54 Å². The van der Waals surface area contributed by atoms with Gasteiger partial charge in [-0.05, 0) is 25.0 Å². The van der Waals surface area contributed by atoms with Crippen LogP contribution >= 0.6 is 0 Å². The van der Waals surface area contributed by atoms with Crippen LogP contribution < -0.4 is 10.6 Å². The normalized spacial score (nSPS) is 20.0. The third-order valence-corrected chi connectivity index (χ3v) is 2.49. The van der Waals surface area contributed by atoms with Crippen LogP contribution in [0.5, 0.6) is 0 Å². The number of carbonyl (C=O) groups is 2. The lowest BCUT2D eigenvalue weighted by atomic mass is 10.1. The Morgan fingerprint density at radius 1 is 1.50 bits per heavy atom. The highest BCUT2D eigenvalue weighted by molar-refractivity contribution is 5.96. The van der Waals surface area contributed by atoms with Gasteiger partial charge in [0, 0.05) is 12.7 Å². The van der Waals surface area contributed by atoms with Crippen LogP contribution in [0.3, 0.4) is 0 Å². The summed E-state index contributed by atoms with van der Waals surface area (Å²) in [6, 6.07) is 4.67. The average Bonchev–Trinajstić information content (AvgIpc) is 2.33. The van der Waals surface area contributed by atoms with E-state index in [1.165, 1.54) is 0 Å². The number of hydrogen-bond acceptors (Lipinski definition) is 3. The van der Waals surface area contributed by atoms with E-state index in [1.807, 2.05) is 0 Å². The maximum Gasteiger partial charge on any atom is 0.270 e. The minimum absolute atomic E-state index is 0.115. The molecule has 5 heteroatoms. The zero-order valence-corrected chi connectivity index (χ0v) is 8.77. The zero-order chi connectivity index (χ0) is 11.4. The molecule has 84 valence electrons. The molecule has 2 rings (SSSR count). The summed E-state index contributed by atoms with van der Waals surface area (Å²) in [7, 11) is 0. The van der Waals surface area contributed by atoms with E-state index in [1.54, 1.807) is 24.4 Å². The van der Waals surface area contributed by atoms with Gasteiger partial charge >= 0.3 is 0 Å². The summed E-state index contributed by atoms with van der Waals surface area (Å²) in [5.41, 5.74) is 0.334. The predicted molar refractivity (Wildman–Crippen MR) is 57.7 cm³/mol. The molecule has 1 aliphatic rings. The van der Waals surface area contributed by atoms with Gasteiger partial charge in [-0.3, -0.25) is 14.6 Å². The fourth-order valence-corrected chi connectivity index (χ4v) is 1.64. The summed E-state index contributed by atoms with van der Waals surface area (Å²) < 4.78 is 0. The van der Waals surface area contributed by atoms with Gasteiger partial charge in [-0.2, -0.15) is 0 Å². The first kappa shape index (κ1) is 10.6. The van der Waals surface area contributed by atoms with Crippen LogP contribution in [-0.2, 0) is 4.79 Å². The molecule has 1 saturated heterocycles. The van der Waals surface area contributed by atoms with Crippen LogP contribution in [0.1, 0.15) is 23.3 Å². The van der Waals surface area contributed by atoms with Crippen LogP contribution in [0.4, 0.5) is 0 Å². The first-order chi connectivity index (χ1) is 7.77. The van der Waals surface area contributed by atoms with Gasteiger partial charge in [-0.1, -0.05) is 6.07 Å². The fraction of sp³-hybridized carbons (Fsp3) is 0.364. The molecule has 0 radical (unpaired) electrons. The van der Waals surface area contributed by atoms with E-state index in [9.17, 15) is 9.59 Å². The van der Waals surface area contributed by atoms with Gasteiger partial charge in [-0.15, -0.1) is 0 Å². The lowest BCUT2D eigenvalue weighted by molar-refractivity contribution is -0.124. The van der Waals surface area contributed by atoms with Gasteiger partial charge in [0.15, 0.2) is 0 Å². The minimum Gasteiger partial charge on any atom is -0.354 e. The van der Waals surface area contributed by atoms with Gasteiger partial charge in [0.25, 0.3) is 5.91 Å². The van der Waals surface area contributed by atoms with E-state index in [2.05, 4.69) is 15.6 Å². The summed E-state index contributed by atoms with van der Waals surface area (Å²) in [4.78, 5) is 27.0. The molecule has 1 aliphatic heterocycles. The van der Waals surface area contributed by atoms with Gasteiger partial charge in [0.1, 0.15) is 11.7 Å². The first-order valence-electron chi connectivity index (χ1n) is 5.27. The Kier molecular flexibility index (Phi) is 3.14. The Balaban J connectivity index is 1.99. The molecule has 1 aromatic rings. The lowest BCUT2D eigenvalue weighted by Gasteiger charge is -2.22. The number of piperidine rings is 1. The summed E-state index contributed by atoms with van der Waals surface area (Å²) in [5.74, 6) is -0.418. The smallest absolute Gasteiger partial charge is 0.270 e. The third-order valence-electron chi connectivity index (χ3n) is 2.49. The minimum atomic E-state index is -0.428. The molecule has 0 aromatic carbocycles. The molecule has 0 aliphatic carbocycles. The highest BCUT2D eigenvalue weighted by Crippen LogP contribution is 2.04. The second-order valence-corrected chi connectivity index (χ2v) is 3.67. The topological polar surface area (TPSA) is 71.1 Å². The van der Waals surface area contributed by atoms with Crippen LogP contribution in [0, 0.1) is 0 Å². The molecule has 5 nitrogen and oxygen atoms in total. The van der Waals surface area contributed by atoms with E-state index >= 15 is 0 Å². The number of carbonyl (C=O) groups excluding carboxylic acids is 2. The van der Waals surface area contributed by atoms with Crippen LogP contribution in [0.25, 0.3) is 0 Å². The quantitative estimate of drug-likeness (QED) is 0.740. The Hall–Kier alpha value is -1.91. The summed E-state index contributed by atoms with van der Waals surface area (Å²) in [5, 5.41) is 5.39. The second kappa shape index (κ2) is 4.74. The molecule has 2 heterocycles. The highest BCUT2D eigenvalue weighted by Gasteiger charge is 2.24. The molecule has 1 atom stereocenters. The number of nitrogens with zero attached hydrogens (tertiary/aromatic N) is 1. The fourth-order valence-electron chi connectivity index (χ4n) is 1.64. The molecule has 2 amide bonds. The molecule has 0 unspecified atom stereocenters. The van der Waals surface area contributed by atoms with E-state index in [0.29, 0.717) is 18.7 Å². The third kappa shape index (κ3) is 2.36. The molecular weight excluding hydrogens is 206 g/mol. The Labute approximate surface area is 93.3 Å². The van der Waals surface area contributed by atoms with Crippen molar-refractivity contribution in [2.45, 2.75) is 18.9 Å². The monoisotopic (exact) mass is 219 g/mol. The SMILES string of the molecule is O=C(N[C@@H]1CCCNC1=O)c1ccccn1. The molecular formula is C11H13N3O2. The van der Waals surface area contributed by atoms with Crippen molar-refractivity contribution in [1.82, 2.24) is 15.6 Å². The molecule has 2 N–H and O–H groups in total. The van der Waals surface area contributed by atoms with Crippen LogP contribution in [0.15, 0.2) is 24.4 Å². The number of rotatable bonds is 2. The summed E-state index contributed by atoms with van der Waals surface area (Å²) in [6.07, 6.45) is 3.12. The zero-order valence-electron chi connectivity index (χ0n) is 8.77. The van der Waals surface area contributed by atoms with E-state index in [4.69, 9.17) is 0 Å². The maximum absolute atomic E-state index is 11.7. The molecule has 1 aromatic heterocycles. The maximum atomic E-state index is 11.7. The second-order valence-electron chi connectivity index (χ2n) is 3.67. The molecule has 0 bridgehead atoms. The van der Waals surface area contributed by atoms with E-state index in [-0.39, 0.29) is 11.8 Å². The van der Waals surface area contributed by atoms with Crippen molar-refractivity contribution in [3.8, 4) is 0 Å². The number of aromatic nitrogens is 1. The van der Waals surface area contributed by atoms with Crippen LogP contribution in [0.2, 0.25) is 0 Å². The molecule has 0 spiro atoms. The Bertz CT molecular complexity index is 391. The van der Waals surface area contributed by atoms with Crippen molar-refractivity contribution >= 4 is 11.8 Å². The Morgan fingerprint density at radius 3 is 3.06 bits per heavy atom. The average molecular weight is 219 g/mol. The first-order valence-corrected chi connectivity index (χ1v) is 5.27. The number of amides is 2. The highest BCUT2D eigenvalue weighted by atomic mass is 16.2. The van der Waals surface area contributed by atoms with Crippen molar-refractivity contribution in [2.24, 2.45) is 0 Å². The predicted octanol–water partition coefficient (Wildman–Crippen LogP) is 0.0900. The summed E-state index contributed by atoms with van der Waals surface area (Å²) in [6.45, 7) is 0.689. The van der Waals surface area contributed by atoms with E-state index < -0.39 is 6.04 Å². The van der Waals surface area contributed by atoms with Gasteiger partial charge < -0.3 is 10.6 Å². The van der Waals surface area contributed by atoms with Crippen molar-refractivity contribution in [3.05, 3.63) is 30.1 Å². The number of hydrogen-bond donors (Lipinski definition) is 2. The largest absolute Gasteiger partial charge is 0.354 e. The van der Waals surface area contributed by atoms with E-state index in [0.717, 1.165) is 6.42 Å². The van der Waals surface area contributed by atoms with Crippen molar-refractivity contribution in [1.29, 1.82) is 0 Å².